The van der Waals surface area contributed by atoms with Crippen LogP contribution in [0.1, 0.15) is 38.7 Å². The van der Waals surface area contributed by atoms with Crippen LogP contribution in [0.15, 0.2) is 18.6 Å². The number of hydrogen-bond donors (Lipinski definition) is 0. The second-order valence-electron chi connectivity index (χ2n) is 4.85. The zero-order valence-electron chi connectivity index (χ0n) is 10.4. The third-order valence-electron chi connectivity index (χ3n) is 3.23. The summed E-state index contributed by atoms with van der Waals surface area (Å²) in [7, 11) is 0. The van der Waals surface area contributed by atoms with Crippen LogP contribution >= 0.6 is 0 Å². The minimum Gasteiger partial charge on any atom is -0.293 e. The van der Waals surface area contributed by atoms with Crippen molar-refractivity contribution in [3.63, 3.8) is 0 Å². The molecule has 98 valence electrons. The topological polar surface area (TPSA) is 30.2 Å². The van der Waals surface area contributed by atoms with Gasteiger partial charge in [0.2, 0.25) is 5.82 Å². The maximum Gasteiger partial charge on any atom is 0.450 e. The van der Waals surface area contributed by atoms with Gasteiger partial charge in [0.05, 0.1) is 17.4 Å². The Bertz CT molecular complexity index is 569. The molecule has 2 aromatic rings. The van der Waals surface area contributed by atoms with Gasteiger partial charge in [-0.1, -0.05) is 20.8 Å². The lowest BCUT2D eigenvalue weighted by Gasteiger charge is -2.20. The highest BCUT2D eigenvalue weighted by Gasteiger charge is 2.39. The molecule has 0 aliphatic carbocycles. The van der Waals surface area contributed by atoms with Crippen molar-refractivity contribution in [3.05, 3.63) is 30.1 Å². The molecule has 0 radical (unpaired) electrons. The van der Waals surface area contributed by atoms with Crippen molar-refractivity contribution in [1.29, 1.82) is 0 Å². The normalized spacial score (nSPS) is 13.2. The monoisotopic (exact) mass is 257 g/mol. The van der Waals surface area contributed by atoms with E-state index in [1.807, 2.05) is 20.8 Å². The van der Waals surface area contributed by atoms with Crippen LogP contribution in [0.5, 0.6) is 0 Å². The summed E-state index contributed by atoms with van der Waals surface area (Å²) in [4.78, 5) is 7.69. The van der Waals surface area contributed by atoms with Gasteiger partial charge >= 0.3 is 6.18 Å². The van der Waals surface area contributed by atoms with Crippen molar-refractivity contribution >= 4 is 5.52 Å². The maximum atomic E-state index is 12.9. The molecule has 3 nitrogen and oxygen atoms in total. The van der Waals surface area contributed by atoms with E-state index in [1.165, 1.54) is 18.6 Å². The number of nitrogens with zero attached hydrogens (tertiary/aromatic N) is 3. The van der Waals surface area contributed by atoms with Crippen molar-refractivity contribution < 1.29 is 13.2 Å². The lowest BCUT2D eigenvalue weighted by Crippen LogP contribution is -2.17. The van der Waals surface area contributed by atoms with Gasteiger partial charge in [-0.25, -0.2) is 4.98 Å². The Morgan fingerprint density at radius 3 is 2.50 bits per heavy atom. The van der Waals surface area contributed by atoms with Crippen LogP contribution in [-0.2, 0) is 11.6 Å². The highest BCUT2D eigenvalue weighted by atomic mass is 19.4. The molecule has 18 heavy (non-hydrogen) atoms. The quantitative estimate of drug-likeness (QED) is 0.825. The molecular weight excluding hydrogens is 243 g/mol. The minimum absolute atomic E-state index is 0.414. The van der Waals surface area contributed by atoms with E-state index in [-0.39, 0.29) is 0 Å². The van der Waals surface area contributed by atoms with Crippen LogP contribution in [0.2, 0.25) is 0 Å². The molecule has 0 aliphatic rings. The average molecular weight is 257 g/mol. The predicted octanol–water partition coefficient (Wildman–Crippen LogP) is 3.44. The summed E-state index contributed by atoms with van der Waals surface area (Å²) in [5.74, 6) is -0.892. The number of halogens is 3. The molecular formula is C12H14F3N3. The van der Waals surface area contributed by atoms with Gasteiger partial charge in [0.15, 0.2) is 0 Å². The first-order valence-corrected chi connectivity index (χ1v) is 5.67. The average Bonchev–Trinajstić information content (AvgIpc) is 2.68. The Labute approximate surface area is 103 Å². The van der Waals surface area contributed by atoms with E-state index >= 15 is 0 Å². The van der Waals surface area contributed by atoms with Crippen LogP contribution in [0.4, 0.5) is 13.2 Å². The number of imidazole rings is 1. The Hall–Kier alpha value is -1.59. The van der Waals surface area contributed by atoms with Gasteiger partial charge in [-0.05, 0) is 6.42 Å². The molecule has 0 saturated carbocycles. The van der Waals surface area contributed by atoms with Gasteiger partial charge in [0, 0.05) is 17.8 Å². The standard InChI is InChI=1S/C12H14F3N3/c1-4-11(2,3)9-8-7-16-5-6-18(8)10(17-9)12(13,14)15/h5-7H,4H2,1-3H3. The van der Waals surface area contributed by atoms with Crippen LogP contribution in [0.3, 0.4) is 0 Å². The van der Waals surface area contributed by atoms with Gasteiger partial charge in [0.1, 0.15) is 0 Å². The SMILES string of the molecule is CCC(C)(C)c1nc(C(F)(F)F)n2ccncc12. The molecule has 2 aromatic heterocycles. The summed E-state index contributed by atoms with van der Waals surface area (Å²) in [5.41, 5.74) is 0.430. The van der Waals surface area contributed by atoms with E-state index in [2.05, 4.69) is 9.97 Å². The molecule has 0 aliphatic heterocycles. The van der Waals surface area contributed by atoms with Crippen molar-refractivity contribution in [3.8, 4) is 0 Å². The van der Waals surface area contributed by atoms with Crippen molar-refractivity contribution in [1.82, 2.24) is 14.4 Å². The lowest BCUT2D eigenvalue weighted by molar-refractivity contribution is -0.145. The second-order valence-corrected chi connectivity index (χ2v) is 4.85. The lowest BCUT2D eigenvalue weighted by atomic mass is 9.86. The molecule has 0 N–H and O–H groups in total. The second kappa shape index (κ2) is 3.96. The third-order valence-corrected chi connectivity index (χ3v) is 3.23. The summed E-state index contributed by atoms with van der Waals surface area (Å²) in [6, 6.07) is 0. The maximum absolute atomic E-state index is 12.9. The molecule has 0 unspecified atom stereocenters. The Morgan fingerprint density at radius 1 is 1.28 bits per heavy atom. The fourth-order valence-corrected chi connectivity index (χ4v) is 1.80. The zero-order valence-corrected chi connectivity index (χ0v) is 10.4. The highest BCUT2D eigenvalue weighted by molar-refractivity contribution is 5.54. The van der Waals surface area contributed by atoms with Gasteiger partial charge in [0.25, 0.3) is 0 Å². The number of aromatic nitrogens is 3. The molecule has 2 rings (SSSR count). The van der Waals surface area contributed by atoms with E-state index in [9.17, 15) is 13.2 Å². The summed E-state index contributed by atoms with van der Waals surface area (Å²) >= 11 is 0. The van der Waals surface area contributed by atoms with Crippen LogP contribution in [-0.4, -0.2) is 14.4 Å². The fraction of sp³-hybridized carbons (Fsp3) is 0.500. The molecule has 0 atom stereocenters. The number of hydrogen-bond acceptors (Lipinski definition) is 2. The van der Waals surface area contributed by atoms with Crippen molar-refractivity contribution in [2.45, 2.75) is 38.8 Å². The van der Waals surface area contributed by atoms with Crippen LogP contribution < -0.4 is 0 Å². The molecule has 0 amide bonds. The fourth-order valence-electron chi connectivity index (χ4n) is 1.80. The third kappa shape index (κ3) is 1.95. The Balaban J connectivity index is 2.78. The Kier molecular flexibility index (Phi) is 2.83. The van der Waals surface area contributed by atoms with Crippen molar-refractivity contribution in [2.75, 3.05) is 0 Å². The van der Waals surface area contributed by atoms with Gasteiger partial charge in [-0.2, -0.15) is 13.2 Å². The van der Waals surface area contributed by atoms with E-state index in [0.29, 0.717) is 17.6 Å². The Morgan fingerprint density at radius 2 is 1.94 bits per heavy atom. The molecule has 0 spiro atoms. The zero-order chi connectivity index (χ0) is 13.6. The first-order chi connectivity index (χ1) is 8.27. The molecule has 0 aromatic carbocycles. The summed E-state index contributed by atoms with van der Waals surface area (Å²) in [5, 5.41) is 0. The smallest absolute Gasteiger partial charge is 0.293 e. The van der Waals surface area contributed by atoms with E-state index in [1.54, 1.807) is 0 Å². The predicted molar refractivity (Wildman–Crippen MR) is 61.3 cm³/mol. The largest absolute Gasteiger partial charge is 0.450 e. The van der Waals surface area contributed by atoms with E-state index < -0.39 is 17.4 Å². The summed E-state index contributed by atoms with van der Waals surface area (Å²) < 4.78 is 39.8. The number of rotatable bonds is 2. The number of alkyl halides is 3. The molecule has 0 bridgehead atoms. The summed E-state index contributed by atoms with van der Waals surface area (Å²) in [6.07, 6.45) is 0.278. The molecule has 2 heterocycles. The van der Waals surface area contributed by atoms with Gasteiger partial charge in [-0.15, -0.1) is 0 Å². The number of fused-ring (bicyclic) bond motifs is 1. The van der Waals surface area contributed by atoms with Crippen LogP contribution in [0, 0.1) is 0 Å². The minimum atomic E-state index is -4.47. The highest BCUT2D eigenvalue weighted by Crippen LogP contribution is 2.35. The van der Waals surface area contributed by atoms with Crippen LogP contribution in [0.25, 0.3) is 5.52 Å². The van der Waals surface area contributed by atoms with Gasteiger partial charge < -0.3 is 0 Å². The van der Waals surface area contributed by atoms with Gasteiger partial charge in [-0.3, -0.25) is 9.38 Å². The first-order valence-electron chi connectivity index (χ1n) is 5.67. The first kappa shape index (κ1) is 12.9. The van der Waals surface area contributed by atoms with E-state index in [4.69, 9.17) is 0 Å². The molecule has 6 heteroatoms. The molecule has 0 saturated heterocycles. The summed E-state index contributed by atoms with van der Waals surface area (Å²) in [6.45, 7) is 5.68. The van der Waals surface area contributed by atoms with Crippen molar-refractivity contribution in [2.24, 2.45) is 0 Å². The molecule has 0 fully saturated rings. The van der Waals surface area contributed by atoms with E-state index in [0.717, 1.165) is 4.40 Å².